The van der Waals surface area contributed by atoms with Gasteiger partial charge in [-0.05, 0) is 0 Å². The number of aliphatic hydroxyl groups is 2. The van der Waals surface area contributed by atoms with Crippen molar-refractivity contribution in [3.63, 3.8) is 0 Å². The van der Waals surface area contributed by atoms with E-state index in [1.165, 1.54) is 0 Å². The number of rotatable bonds is 1. The minimum absolute atomic E-state index is 1.02. The van der Waals surface area contributed by atoms with E-state index in [1.54, 1.807) is 0 Å². The normalized spacial score (nSPS) is 8.60. The average Bonchev–Trinajstić information content (AvgIpc) is 1.38. The maximum atomic E-state index is 9.16. The first-order valence-electron chi connectivity index (χ1n) is 1.01. The standard InChI is InChI=1S/CH3O3Si/c2-1(3)5-4/h1-3H. The van der Waals surface area contributed by atoms with Crippen LogP contribution in [0, 0.1) is 0 Å². The van der Waals surface area contributed by atoms with Crippen molar-refractivity contribution in [1.82, 2.24) is 0 Å². The highest BCUT2D eigenvalue weighted by Gasteiger charge is 1.88. The molecule has 2 N–H and O–H groups in total. The summed E-state index contributed by atoms with van der Waals surface area (Å²) in [4.78, 5) is 0. The lowest BCUT2D eigenvalue weighted by molar-refractivity contribution is 0.0261. The molecule has 0 atom stereocenters. The van der Waals surface area contributed by atoms with Gasteiger partial charge >= 0.3 is 9.41 Å². The summed E-state index contributed by atoms with van der Waals surface area (Å²) in [6, 6.07) is 0. The van der Waals surface area contributed by atoms with Crippen LogP contribution in [0.25, 0.3) is 0 Å². The molecule has 0 amide bonds. The van der Waals surface area contributed by atoms with E-state index in [-0.39, 0.29) is 0 Å². The van der Waals surface area contributed by atoms with Crippen molar-refractivity contribution in [3.8, 4) is 0 Å². The Morgan fingerprint density at radius 3 is 1.80 bits per heavy atom. The van der Waals surface area contributed by atoms with Crippen LogP contribution in [-0.4, -0.2) is 25.5 Å². The summed E-state index contributed by atoms with van der Waals surface area (Å²) in [6.45, 7) is 0. The van der Waals surface area contributed by atoms with E-state index in [4.69, 9.17) is 14.7 Å². The molecular formula is CH3O3Si. The van der Waals surface area contributed by atoms with Crippen LogP contribution in [0.2, 0.25) is 0 Å². The zero-order valence-corrected chi connectivity index (χ0v) is 3.38. The molecule has 1 radical (unpaired) electrons. The first-order valence-corrected chi connectivity index (χ1v) is 1.99. The van der Waals surface area contributed by atoms with E-state index < -0.39 is 15.3 Å². The minimum Gasteiger partial charge on any atom is -0.379 e. The quantitative estimate of drug-likeness (QED) is 0.299. The fourth-order valence-corrected chi connectivity index (χ4v) is 0. The SMILES string of the molecule is O=[Si]C(O)O. The first kappa shape index (κ1) is 4.94. The molecule has 0 spiro atoms. The fraction of sp³-hybridized carbons (Fsp3) is 1.00. The molecule has 29 valence electrons. The van der Waals surface area contributed by atoms with Gasteiger partial charge in [0.1, 0.15) is 0 Å². The molecule has 0 aliphatic heterocycles. The Morgan fingerprint density at radius 2 is 1.80 bits per heavy atom. The predicted octanol–water partition coefficient (Wildman–Crippen LogP) is -1.70. The molecule has 3 nitrogen and oxygen atoms in total. The molecule has 0 aromatic carbocycles. The van der Waals surface area contributed by atoms with Crippen LogP contribution < -0.4 is 0 Å². The van der Waals surface area contributed by atoms with Crippen molar-refractivity contribution in [2.24, 2.45) is 0 Å². The number of hydrogen-bond acceptors (Lipinski definition) is 3. The summed E-state index contributed by atoms with van der Waals surface area (Å²) in [5.74, 6) is -1.64. The zero-order chi connectivity index (χ0) is 4.28. The fourth-order valence-electron chi connectivity index (χ4n) is 0. The molecular weight excluding hydrogens is 88.1 g/mol. The van der Waals surface area contributed by atoms with E-state index in [1.807, 2.05) is 0 Å². The van der Waals surface area contributed by atoms with Gasteiger partial charge < -0.3 is 14.7 Å². The predicted molar refractivity (Wildman–Crippen MR) is 14.7 cm³/mol. The van der Waals surface area contributed by atoms with Gasteiger partial charge in [-0.15, -0.1) is 0 Å². The molecule has 4 heteroatoms. The van der Waals surface area contributed by atoms with E-state index in [0.29, 0.717) is 0 Å². The largest absolute Gasteiger partial charge is 0.390 e. The van der Waals surface area contributed by atoms with Crippen LogP contribution >= 0.6 is 0 Å². The minimum atomic E-state index is -1.64. The third-order valence-corrected chi connectivity index (χ3v) is 0.316. The van der Waals surface area contributed by atoms with E-state index >= 15 is 0 Å². The van der Waals surface area contributed by atoms with Gasteiger partial charge in [0.05, 0.1) is 0 Å². The summed E-state index contributed by atoms with van der Waals surface area (Å²) in [5, 5.41) is 15.2. The second kappa shape index (κ2) is 2.19. The monoisotopic (exact) mass is 91.0 g/mol. The Hall–Kier alpha value is -0.0631. The van der Waals surface area contributed by atoms with E-state index in [2.05, 4.69) is 0 Å². The van der Waals surface area contributed by atoms with Crippen molar-refractivity contribution < 1.29 is 14.7 Å². The molecule has 0 aromatic heterocycles. The molecule has 0 saturated carbocycles. The maximum absolute atomic E-state index is 9.16. The molecule has 0 aliphatic carbocycles. The van der Waals surface area contributed by atoms with Crippen molar-refractivity contribution in [2.45, 2.75) is 5.91 Å². The summed E-state index contributed by atoms with van der Waals surface area (Å²) in [6.07, 6.45) is 0. The van der Waals surface area contributed by atoms with Crippen LogP contribution in [0.15, 0.2) is 0 Å². The Balaban J connectivity index is 2.83. The molecule has 5 heavy (non-hydrogen) atoms. The van der Waals surface area contributed by atoms with Gasteiger partial charge in [-0.3, -0.25) is 0 Å². The van der Waals surface area contributed by atoms with Crippen molar-refractivity contribution >= 4 is 9.41 Å². The Morgan fingerprint density at radius 1 is 1.60 bits per heavy atom. The molecule has 0 aromatic rings. The third kappa shape index (κ3) is 3.94. The Kier molecular flexibility index (Phi) is 2.16. The first-order chi connectivity index (χ1) is 2.27. The van der Waals surface area contributed by atoms with E-state index in [9.17, 15) is 0 Å². The molecule has 0 heterocycles. The van der Waals surface area contributed by atoms with Crippen LogP contribution in [0.1, 0.15) is 0 Å². The molecule has 0 fully saturated rings. The number of hydrogen-bond donors (Lipinski definition) is 2. The molecule has 0 bridgehead atoms. The topological polar surface area (TPSA) is 57.5 Å². The highest BCUT2D eigenvalue weighted by Crippen LogP contribution is 1.52. The molecule has 0 rings (SSSR count). The summed E-state index contributed by atoms with van der Waals surface area (Å²) >= 11 is 0. The summed E-state index contributed by atoms with van der Waals surface area (Å²) in [5.41, 5.74) is 0. The van der Waals surface area contributed by atoms with Crippen molar-refractivity contribution in [1.29, 1.82) is 0 Å². The van der Waals surface area contributed by atoms with Crippen LogP contribution in [0.5, 0.6) is 0 Å². The summed E-state index contributed by atoms with van der Waals surface area (Å²) in [7, 11) is -1.02. The second-order valence-electron chi connectivity index (χ2n) is 0.492. The van der Waals surface area contributed by atoms with Gasteiger partial charge in [-0.2, -0.15) is 0 Å². The maximum Gasteiger partial charge on any atom is 0.390 e. The Labute approximate surface area is 31.1 Å². The highest BCUT2D eigenvalue weighted by molar-refractivity contribution is 6.17. The molecule has 0 saturated heterocycles. The number of aliphatic hydroxyl groups excluding tert-OH is 1. The average molecular weight is 91.1 g/mol. The third-order valence-electron chi connectivity index (χ3n) is 0.105. The lowest BCUT2D eigenvalue weighted by Crippen LogP contribution is -2.05. The van der Waals surface area contributed by atoms with Gasteiger partial charge in [-0.25, -0.2) is 0 Å². The van der Waals surface area contributed by atoms with Gasteiger partial charge in [-0.1, -0.05) is 0 Å². The highest BCUT2D eigenvalue weighted by atomic mass is 28.2. The van der Waals surface area contributed by atoms with Gasteiger partial charge in [0, 0.05) is 0 Å². The smallest absolute Gasteiger partial charge is 0.379 e. The van der Waals surface area contributed by atoms with Gasteiger partial charge in [0.25, 0.3) is 0 Å². The van der Waals surface area contributed by atoms with Crippen LogP contribution in [0.4, 0.5) is 0 Å². The molecule has 0 aliphatic rings. The van der Waals surface area contributed by atoms with Gasteiger partial charge in [0.2, 0.25) is 0 Å². The summed E-state index contributed by atoms with van der Waals surface area (Å²) < 4.78 is 9.16. The van der Waals surface area contributed by atoms with Crippen molar-refractivity contribution in [2.75, 3.05) is 0 Å². The Bertz CT molecular complexity index is 33.9. The second-order valence-corrected chi connectivity index (χ2v) is 1.24. The van der Waals surface area contributed by atoms with E-state index in [0.717, 1.165) is 0 Å². The van der Waals surface area contributed by atoms with Crippen molar-refractivity contribution in [3.05, 3.63) is 0 Å². The molecule has 0 unspecified atom stereocenters. The van der Waals surface area contributed by atoms with Crippen LogP contribution in [-0.2, 0) is 4.46 Å². The zero-order valence-electron chi connectivity index (χ0n) is 2.38. The lowest BCUT2D eigenvalue weighted by Gasteiger charge is -1.77. The van der Waals surface area contributed by atoms with Crippen LogP contribution in [0.3, 0.4) is 0 Å². The van der Waals surface area contributed by atoms with Gasteiger partial charge in [0.15, 0.2) is 5.91 Å². The lowest BCUT2D eigenvalue weighted by atomic mass is 11.5.